The fourth-order valence-electron chi connectivity index (χ4n) is 6.34. The highest BCUT2D eigenvalue weighted by molar-refractivity contribution is 5.94. The van der Waals surface area contributed by atoms with Crippen molar-refractivity contribution in [3.8, 4) is 0 Å². The molecule has 1 aromatic carbocycles. The fourth-order valence-corrected chi connectivity index (χ4v) is 6.34. The second-order valence-electron chi connectivity index (χ2n) is 10.1. The van der Waals surface area contributed by atoms with Crippen molar-refractivity contribution in [3.63, 3.8) is 0 Å². The lowest BCUT2D eigenvalue weighted by atomic mass is 9.48. The Morgan fingerprint density at radius 2 is 2.06 bits per heavy atom. The predicted molar refractivity (Wildman–Crippen MR) is 131 cm³/mol. The summed E-state index contributed by atoms with van der Waals surface area (Å²) >= 11 is 0. The third-order valence-corrected chi connectivity index (χ3v) is 8.20. The van der Waals surface area contributed by atoms with E-state index in [4.69, 9.17) is 9.47 Å². The highest BCUT2D eigenvalue weighted by Crippen LogP contribution is 2.59. The molecular formula is C27H30N2O7. The average Bonchev–Trinajstić information content (AvgIpc) is 3.25. The molecule has 0 aromatic heterocycles. The first-order chi connectivity index (χ1) is 17.1. The summed E-state index contributed by atoms with van der Waals surface area (Å²) in [6.45, 7) is 8.57. The highest BCUT2D eigenvalue weighted by atomic mass is 16.6. The summed E-state index contributed by atoms with van der Waals surface area (Å²) < 4.78 is 10.9. The molecule has 5 atom stereocenters. The van der Waals surface area contributed by atoms with Crippen molar-refractivity contribution in [2.75, 3.05) is 6.61 Å². The Hall–Kier alpha value is -3.75. The van der Waals surface area contributed by atoms with Crippen LogP contribution in [0.1, 0.15) is 49.9 Å². The molecule has 9 nitrogen and oxygen atoms in total. The smallest absolute Gasteiger partial charge is 0.345 e. The van der Waals surface area contributed by atoms with Crippen LogP contribution in [0.25, 0.3) is 0 Å². The molecule has 2 aliphatic carbocycles. The monoisotopic (exact) mass is 494 g/mol. The topological polar surface area (TPSA) is 125 Å². The lowest BCUT2D eigenvalue weighted by Crippen LogP contribution is -2.66. The Morgan fingerprint density at radius 3 is 2.72 bits per heavy atom. The number of esters is 2. The number of allylic oxidation sites excluding steroid dienone is 2. The first-order valence-electron chi connectivity index (χ1n) is 12.0. The van der Waals surface area contributed by atoms with Crippen LogP contribution in [0.5, 0.6) is 0 Å². The minimum absolute atomic E-state index is 0.0646. The van der Waals surface area contributed by atoms with Gasteiger partial charge in [-0.25, -0.2) is 9.59 Å². The molecule has 0 bridgehead atoms. The molecule has 1 aliphatic heterocycles. The van der Waals surface area contributed by atoms with E-state index in [1.54, 1.807) is 18.2 Å². The number of hydrogen-bond donors (Lipinski definition) is 1. The molecule has 5 unspecified atom stereocenters. The van der Waals surface area contributed by atoms with Crippen molar-refractivity contribution < 1.29 is 28.8 Å². The summed E-state index contributed by atoms with van der Waals surface area (Å²) in [6, 6.07) is 5.66. The summed E-state index contributed by atoms with van der Waals surface area (Å²) in [6.07, 6.45) is 7.99. The van der Waals surface area contributed by atoms with E-state index >= 15 is 0 Å². The lowest BCUT2D eigenvalue weighted by molar-refractivity contribution is -0.385. The molecular weight excluding hydrogens is 464 g/mol. The molecule has 1 N–H and O–H groups in total. The van der Waals surface area contributed by atoms with Gasteiger partial charge in [-0.05, 0) is 56.1 Å². The number of nitro benzene ring substituents is 1. The molecule has 0 spiro atoms. The number of carbonyl (C=O) groups excluding carboxylic acids is 3. The van der Waals surface area contributed by atoms with Gasteiger partial charge >= 0.3 is 11.9 Å². The van der Waals surface area contributed by atoms with Crippen molar-refractivity contribution in [2.24, 2.45) is 17.3 Å². The Bertz CT molecular complexity index is 1170. The number of ether oxygens (including phenoxy) is 2. The van der Waals surface area contributed by atoms with Crippen LogP contribution in [0.15, 0.2) is 60.2 Å². The molecule has 9 heteroatoms. The van der Waals surface area contributed by atoms with Gasteiger partial charge < -0.3 is 14.8 Å². The number of hydrogen-bond acceptors (Lipinski definition) is 7. The van der Waals surface area contributed by atoms with E-state index in [1.807, 2.05) is 13.0 Å². The minimum Gasteiger partial charge on any atom is -0.458 e. The van der Waals surface area contributed by atoms with Gasteiger partial charge in [0.05, 0.1) is 16.0 Å². The van der Waals surface area contributed by atoms with Crippen molar-refractivity contribution >= 4 is 24.0 Å². The summed E-state index contributed by atoms with van der Waals surface area (Å²) in [5, 5.41) is 14.4. The van der Waals surface area contributed by atoms with Crippen molar-refractivity contribution in [1.29, 1.82) is 0 Å². The van der Waals surface area contributed by atoms with Gasteiger partial charge in [-0.3, -0.25) is 14.9 Å². The number of amides is 1. The summed E-state index contributed by atoms with van der Waals surface area (Å²) in [5.41, 5.74) is -0.144. The zero-order chi connectivity index (χ0) is 26.1. The zero-order valence-electron chi connectivity index (χ0n) is 20.4. The first kappa shape index (κ1) is 25.3. The maximum atomic E-state index is 13.0. The van der Waals surface area contributed by atoms with Gasteiger partial charge in [0.15, 0.2) is 0 Å². The van der Waals surface area contributed by atoms with Crippen LogP contribution in [0.4, 0.5) is 5.69 Å². The molecule has 3 aliphatic rings. The molecule has 2 fully saturated rings. The van der Waals surface area contributed by atoms with E-state index in [1.165, 1.54) is 18.2 Å². The van der Waals surface area contributed by atoms with Gasteiger partial charge in [-0.15, -0.1) is 0 Å². The molecule has 36 heavy (non-hydrogen) atoms. The maximum Gasteiger partial charge on any atom is 0.345 e. The van der Waals surface area contributed by atoms with Crippen LogP contribution in [-0.4, -0.2) is 41.5 Å². The summed E-state index contributed by atoms with van der Waals surface area (Å²) in [4.78, 5) is 47.5. The summed E-state index contributed by atoms with van der Waals surface area (Å²) in [5.74, 6) is -1.30. The quantitative estimate of drug-likeness (QED) is 0.199. The second kappa shape index (κ2) is 9.72. The second-order valence-corrected chi connectivity index (χ2v) is 10.1. The van der Waals surface area contributed by atoms with Crippen LogP contribution >= 0.6 is 0 Å². The van der Waals surface area contributed by atoms with Crippen LogP contribution in [-0.2, 0) is 19.1 Å². The number of cyclic esters (lactones) is 1. The fraction of sp³-hybridized carbons (Fsp3) is 0.444. The van der Waals surface area contributed by atoms with E-state index < -0.39 is 22.5 Å². The van der Waals surface area contributed by atoms with Gasteiger partial charge in [0, 0.05) is 12.0 Å². The van der Waals surface area contributed by atoms with E-state index in [9.17, 15) is 24.5 Å². The van der Waals surface area contributed by atoms with Gasteiger partial charge in [-0.2, -0.15) is 0 Å². The lowest BCUT2D eigenvalue weighted by Gasteiger charge is -2.59. The van der Waals surface area contributed by atoms with Crippen molar-refractivity contribution in [2.45, 2.75) is 51.2 Å². The van der Waals surface area contributed by atoms with Crippen LogP contribution in [0.3, 0.4) is 0 Å². The number of benzene rings is 1. The maximum absolute atomic E-state index is 13.0. The molecule has 2 saturated carbocycles. The van der Waals surface area contributed by atoms with E-state index in [2.05, 4.69) is 18.8 Å². The van der Waals surface area contributed by atoms with Gasteiger partial charge in [0.1, 0.15) is 18.3 Å². The molecule has 1 heterocycles. The third-order valence-electron chi connectivity index (χ3n) is 8.20. The standard InChI is InChI=1S/C27H30N2O7/c1-17-8-11-22-26(2,20(17)10-9-18-13-15-35-24(18)31)14-12-23(27(22,3)28-16-30)36-25(32)19-6-4-5-7-21(19)29(33)34/h4-7,9-10,13,16,20,22-23H,1,8,11-12,14-15H2,2-3H3,(H,28,30)/b10-9+. The Labute approximate surface area is 209 Å². The number of nitrogens with one attached hydrogen (secondary N) is 1. The van der Waals surface area contributed by atoms with Gasteiger partial charge in [0.25, 0.3) is 5.69 Å². The zero-order valence-corrected chi connectivity index (χ0v) is 20.4. The number of carbonyl (C=O) groups is 3. The van der Waals surface area contributed by atoms with Gasteiger partial charge in [-0.1, -0.05) is 43.4 Å². The van der Waals surface area contributed by atoms with Gasteiger partial charge in [0.2, 0.25) is 6.41 Å². The first-order valence-corrected chi connectivity index (χ1v) is 12.0. The third kappa shape index (κ3) is 4.34. The molecule has 1 aromatic rings. The molecule has 1 amide bonds. The Morgan fingerprint density at radius 1 is 1.31 bits per heavy atom. The normalized spacial score (nSPS) is 31.8. The molecule has 190 valence electrons. The number of para-hydroxylation sites is 1. The number of fused-ring (bicyclic) bond motifs is 1. The van der Waals surface area contributed by atoms with Crippen LogP contribution in [0.2, 0.25) is 0 Å². The minimum atomic E-state index is -0.910. The Kier molecular flexibility index (Phi) is 6.84. The SMILES string of the molecule is C=C1CCC2C(C)(CCC(OC(=O)c3ccccc3[N+](=O)[O-])C2(C)NC=O)C1/C=C/C1=CCOC1=O. The van der Waals surface area contributed by atoms with Crippen LogP contribution < -0.4 is 5.32 Å². The van der Waals surface area contributed by atoms with Crippen molar-refractivity contribution in [1.82, 2.24) is 5.32 Å². The van der Waals surface area contributed by atoms with Crippen LogP contribution in [0, 0.1) is 27.4 Å². The molecule has 4 rings (SSSR count). The number of rotatable bonds is 7. The van der Waals surface area contributed by atoms with E-state index in [-0.39, 0.29) is 41.1 Å². The molecule has 0 saturated heterocycles. The largest absolute Gasteiger partial charge is 0.458 e. The summed E-state index contributed by atoms with van der Waals surface area (Å²) in [7, 11) is 0. The number of nitrogens with zero attached hydrogens (tertiary/aromatic N) is 1. The highest BCUT2D eigenvalue weighted by Gasteiger charge is 2.59. The number of nitro groups is 1. The van der Waals surface area contributed by atoms with E-state index in [0.717, 1.165) is 12.0 Å². The average molecular weight is 495 g/mol. The van der Waals surface area contributed by atoms with E-state index in [0.29, 0.717) is 31.2 Å². The predicted octanol–water partition coefficient (Wildman–Crippen LogP) is 4.05. The van der Waals surface area contributed by atoms with Crippen molar-refractivity contribution in [3.05, 3.63) is 75.9 Å². The molecule has 0 radical (unpaired) electrons. The Balaban J connectivity index is 1.63.